The van der Waals surface area contributed by atoms with Crippen LogP contribution < -0.4 is 5.73 Å². The maximum Gasteiger partial charge on any atom is 0.294 e. The zero-order chi connectivity index (χ0) is 10.0. The zero-order valence-electron chi connectivity index (χ0n) is 6.60. The number of rotatable bonds is 2. The minimum atomic E-state index is -0.710. The van der Waals surface area contributed by atoms with Crippen LogP contribution in [0.3, 0.4) is 0 Å². The first-order valence-corrected chi connectivity index (χ1v) is 3.50. The molecule has 1 aliphatic carbocycles. The van der Waals surface area contributed by atoms with Gasteiger partial charge in [0.1, 0.15) is 0 Å². The monoisotopic (exact) mass is 185 g/mol. The van der Waals surface area contributed by atoms with Crippen molar-refractivity contribution in [2.24, 2.45) is 5.73 Å². The lowest BCUT2D eigenvalue weighted by Gasteiger charge is -2.05. The summed E-state index contributed by atoms with van der Waals surface area (Å²) >= 11 is 0. The third kappa shape index (κ3) is 1.81. The van der Waals surface area contributed by atoms with Crippen molar-refractivity contribution in [3.8, 4) is 0 Å². The molecule has 0 saturated heterocycles. The minimum absolute atomic E-state index is 0.0931. The highest BCUT2D eigenvalue weighted by molar-refractivity contribution is 5.24. The predicted molar refractivity (Wildman–Crippen MR) is 42.5 cm³/mol. The molecule has 7 heteroatoms. The van der Waals surface area contributed by atoms with Crippen LogP contribution in [0.5, 0.6) is 0 Å². The molecule has 2 N–H and O–H groups in total. The lowest BCUT2D eigenvalue weighted by molar-refractivity contribution is -0.438. The highest BCUT2D eigenvalue weighted by Gasteiger charge is 2.25. The molecule has 0 aromatic heterocycles. The number of nitrogens with zero attached hydrogens (tertiary/aromatic N) is 2. The van der Waals surface area contributed by atoms with Gasteiger partial charge in [-0.25, -0.2) is 0 Å². The normalized spacial score (nSPS) is 16.8. The molecule has 0 unspecified atom stereocenters. The molecule has 0 atom stereocenters. The third-order valence-corrected chi connectivity index (χ3v) is 1.71. The summed E-state index contributed by atoms with van der Waals surface area (Å²) in [5, 5.41) is 20.6. The Labute approximate surface area is 72.8 Å². The Balaban J connectivity index is 3.05. The van der Waals surface area contributed by atoms with E-state index in [0.29, 0.717) is 0 Å². The van der Waals surface area contributed by atoms with E-state index in [-0.39, 0.29) is 29.9 Å². The molecule has 0 aliphatic heterocycles. The number of hydrogen-bond acceptors (Lipinski definition) is 5. The molecule has 0 bridgehead atoms. The highest BCUT2D eigenvalue weighted by atomic mass is 16.6. The Hall–Kier alpha value is -1.92. The molecule has 13 heavy (non-hydrogen) atoms. The molecule has 70 valence electrons. The Kier molecular flexibility index (Phi) is 2.27. The molecule has 7 nitrogen and oxygen atoms in total. The van der Waals surface area contributed by atoms with Gasteiger partial charge in [0.05, 0.1) is 21.6 Å². The van der Waals surface area contributed by atoms with E-state index in [9.17, 15) is 20.2 Å². The van der Waals surface area contributed by atoms with E-state index in [1.165, 1.54) is 0 Å². The van der Waals surface area contributed by atoms with Gasteiger partial charge in [0, 0.05) is 12.8 Å². The summed E-state index contributed by atoms with van der Waals surface area (Å²) in [5.41, 5.74) is 4.88. The van der Waals surface area contributed by atoms with Crippen LogP contribution in [0, 0.1) is 20.2 Å². The summed E-state index contributed by atoms with van der Waals surface area (Å²) < 4.78 is 0. The average Bonchev–Trinajstić information content (AvgIpc) is 2.04. The fourth-order valence-electron chi connectivity index (χ4n) is 1.03. The molecule has 0 spiro atoms. The van der Waals surface area contributed by atoms with Gasteiger partial charge in [-0.05, 0) is 0 Å². The van der Waals surface area contributed by atoms with Crippen molar-refractivity contribution in [3.63, 3.8) is 0 Å². The van der Waals surface area contributed by atoms with Crippen LogP contribution in [-0.2, 0) is 0 Å². The molecule has 0 saturated carbocycles. The van der Waals surface area contributed by atoms with Crippen molar-refractivity contribution in [3.05, 3.63) is 43.4 Å². The van der Waals surface area contributed by atoms with Gasteiger partial charge in [0.15, 0.2) is 0 Å². The quantitative estimate of drug-likeness (QED) is 0.493. The largest absolute Gasteiger partial charge is 0.397 e. The molecule has 0 fully saturated rings. The van der Waals surface area contributed by atoms with Gasteiger partial charge in [-0.1, -0.05) is 0 Å². The number of hydrogen-bond donors (Lipinski definition) is 1. The second-order valence-electron chi connectivity index (χ2n) is 2.56. The van der Waals surface area contributed by atoms with Gasteiger partial charge in [0.2, 0.25) is 0 Å². The number of nitro groups is 2. The van der Waals surface area contributed by atoms with Crippen LogP contribution in [0.25, 0.3) is 0 Å². The fourth-order valence-corrected chi connectivity index (χ4v) is 1.03. The zero-order valence-corrected chi connectivity index (χ0v) is 6.60. The second kappa shape index (κ2) is 3.21. The maximum absolute atomic E-state index is 10.3. The summed E-state index contributed by atoms with van der Waals surface area (Å²) in [7, 11) is 0. The topological polar surface area (TPSA) is 112 Å². The van der Waals surface area contributed by atoms with Gasteiger partial charge in [-0.3, -0.25) is 20.2 Å². The standard InChI is InChI=1S/C6H7N3O4/c7-5-2-1-4(8(10)11)3-6(5)9(12)13/h3H,1-2,7H2. The first-order chi connectivity index (χ1) is 6.02. The summed E-state index contributed by atoms with van der Waals surface area (Å²) in [6, 6.07) is 0. The molecule has 0 aromatic rings. The van der Waals surface area contributed by atoms with E-state index in [1.54, 1.807) is 0 Å². The first kappa shape index (κ1) is 9.17. The van der Waals surface area contributed by atoms with Gasteiger partial charge in [-0.15, -0.1) is 0 Å². The van der Waals surface area contributed by atoms with Crippen molar-refractivity contribution in [1.82, 2.24) is 0 Å². The maximum atomic E-state index is 10.3. The van der Waals surface area contributed by atoms with E-state index in [0.717, 1.165) is 6.08 Å². The molecule has 1 rings (SSSR count). The van der Waals surface area contributed by atoms with E-state index in [4.69, 9.17) is 5.73 Å². The number of nitrogens with two attached hydrogens (primary N) is 1. The van der Waals surface area contributed by atoms with Gasteiger partial charge in [0.25, 0.3) is 11.4 Å². The van der Waals surface area contributed by atoms with Gasteiger partial charge < -0.3 is 5.73 Å². The average molecular weight is 185 g/mol. The third-order valence-electron chi connectivity index (χ3n) is 1.71. The predicted octanol–water partition coefficient (Wildman–Crippen LogP) is 0.388. The van der Waals surface area contributed by atoms with Crippen LogP contribution >= 0.6 is 0 Å². The molecule has 0 heterocycles. The summed E-state index contributed by atoms with van der Waals surface area (Å²) in [6.07, 6.45) is 1.23. The lowest BCUT2D eigenvalue weighted by Crippen LogP contribution is -2.15. The Morgan fingerprint density at radius 1 is 1.23 bits per heavy atom. The fraction of sp³-hybridized carbons (Fsp3) is 0.333. The van der Waals surface area contributed by atoms with Crippen LogP contribution in [0.1, 0.15) is 12.8 Å². The van der Waals surface area contributed by atoms with E-state index in [1.807, 2.05) is 0 Å². The summed E-state index contributed by atoms with van der Waals surface area (Å²) in [6.45, 7) is 0. The van der Waals surface area contributed by atoms with Crippen LogP contribution in [0.4, 0.5) is 0 Å². The molecule has 0 aromatic carbocycles. The van der Waals surface area contributed by atoms with Crippen molar-refractivity contribution in [2.45, 2.75) is 12.8 Å². The van der Waals surface area contributed by atoms with E-state index >= 15 is 0 Å². The Bertz CT molecular complexity index is 331. The molecule has 1 aliphatic rings. The van der Waals surface area contributed by atoms with Gasteiger partial charge >= 0.3 is 0 Å². The molecule has 0 radical (unpaired) electrons. The molecular formula is C6H7N3O4. The lowest BCUT2D eigenvalue weighted by atomic mass is 10.1. The van der Waals surface area contributed by atoms with Crippen molar-refractivity contribution in [2.75, 3.05) is 0 Å². The van der Waals surface area contributed by atoms with Gasteiger partial charge in [-0.2, -0.15) is 0 Å². The smallest absolute Gasteiger partial charge is 0.294 e. The minimum Gasteiger partial charge on any atom is -0.397 e. The van der Waals surface area contributed by atoms with Crippen LogP contribution in [-0.4, -0.2) is 9.85 Å². The summed E-state index contributed by atoms with van der Waals surface area (Å²) in [5.74, 6) is 0. The van der Waals surface area contributed by atoms with Crippen LogP contribution in [0.2, 0.25) is 0 Å². The van der Waals surface area contributed by atoms with E-state index in [2.05, 4.69) is 0 Å². The molecule has 0 amide bonds. The highest BCUT2D eigenvalue weighted by Crippen LogP contribution is 2.21. The van der Waals surface area contributed by atoms with Crippen LogP contribution in [0.15, 0.2) is 23.2 Å². The SMILES string of the molecule is NC1=C([N+](=O)[O-])C=C([N+](=O)[O-])CC1. The Morgan fingerprint density at radius 3 is 2.31 bits per heavy atom. The number of allylic oxidation sites excluding steroid dienone is 3. The van der Waals surface area contributed by atoms with Crippen molar-refractivity contribution < 1.29 is 9.85 Å². The Morgan fingerprint density at radius 2 is 1.85 bits per heavy atom. The van der Waals surface area contributed by atoms with E-state index < -0.39 is 9.85 Å². The second-order valence-corrected chi connectivity index (χ2v) is 2.56. The molecular weight excluding hydrogens is 178 g/mol. The van der Waals surface area contributed by atoms with Crippen molar-refractivity contribution in [1.29, 1.82) is 0 Å². The first-order valence-electron chi connectivity index (χ1n) is 3.50. The summed E-state index contributed by atoms with van der Waals surface area (Å²) in [4.78, 5) is 19.3. The van der Waals surface area contributed by atoms with Crippen molar-refractivity contribution >= 4 is 0 Å².